The van der Waals surface area contributed by atoms with Gasteiger partial charge in [0, 0.05) is 48.2 Å². The molecule has 1 aliphatic heterocycles. The summed E-state index contributed by atoms with van der Waals surface area (Å²) in [6.45, 7) is 20.2. The van der Waals surface area contributed by atoms with Gasteiger partial charge in [-0.2, -0.15) is 0 Å². The molecule has 1 aromatic carbocycles. The molecular formula is C28H40ClN3. The first-order chi connectivity index (χ1) is 15.4. The molecular weight excluding hydrogens is 414 g/mol. The van der Waals surface area contributed by atoms with Crippen LogP contribution in [0.15, 0.2) is 37.1 Å². The van der Waals surface area contributed by atoms with Crippen LogP contribution in [0, 0.1) is 0 Å². The van der Waals surface area contributed by atoms with E-state index in [1.807, 2.05) is 0 Å². The molecule has 2 aromatic rings. The lowest BCUT2D eigenvalue weighted by atomic mass is 9.94. The predicted octanol–water partition coefficient (Wildman–Crippen LogP) is 7.47. The Hall–Kier alpha value is -2.00. The van der Waals surface area contributed by atoms with Gasteiger partial charge in [0.1, 0.15) is 0 Å². The van der Waals surface area contributed by atoms with Gasteiger partial charge < -0.3 is 9.80 Å². The number of fused-ring (bicyclic) bond motifs is 2. The van der Waals surface area contributed by atoms with Crippen LogP contribution in [-0.4, -0.2) is 40.5 Å². The lowest BCUT2D eigenvalue weighted by molar-refractivity contribution is 0.139. The molecule has 0 N–H and O–H groups in total. The fraction of sp³-hybridized carbons (Fsp3) is 0.536. The summed E-state index contributed by atoms with van der Waals surface area (Å²) in [7, 11) is 0. The maximum atomic E-state index is 6.74. The number of piperazine rings is 1. The molecule has 1 aromatic heterocycles. The van der Waals surface area contributed by atoms with Crippen molar-refractivity contribution in [3.63, 3.8) is 0 Å². The monoisotopic (exact) mass is 453 g/mol. The zero-order chi connectivity index (χ0) is 23.3. The van der Waals surface area contributed by atoms with Crippen molar-refractivity contribution >= 4 is 28.2 Å². The van der Waals surface area contributed by atoms with Crippen molar-refractivity contribution in [2.24, 2.45) is 0 Å². The summed E-state index contributed by atoms with van der Waals surface area (Å²) in [5.41, 5.74) is 6.83. The number of hydrogen-bond acceptors (Lipinski definition) is 3. The van der Waals surface area contributed by atoms with Crippen LogP contribution < -0.4 is 0 Å². The molecule has 4 heteroatoms. The molecule has 1 atom stereocenters. The average molecular weight is 454 g/mol. The van der Waals surface area contributed by atoms with Gasteiger partial charge >= 0.3 is 0 Å². The van der Waals surface area contributed by atoms with Gasteiger partial charge in [0.15, 0.2) is 0 Å². The SMILES string of the molecule is C=C(c1ccc2c(Cl)c3c(nc2c1)CCCC3)N1CCN(C(=C)C)C(CC)C1.CCCC. The summed E-state index contributed by atoms with van der Waals surface area (Å²) < 4.78 is 0. The minimum atomic E-state index is 0.489. The van der Waals surface area contributed by atoms with E-state index in [9.17, 15) is 0 Å². The predicted molar refractivity (Wildman–Crippen MR) is 140 cm³/mol. The van der Waals surface area contributed by atoms with Gasteiger partial charge in [-0.05, 0) is 56.2 Å². The number of hydrogen-bond donors (Lipinski definition) is 0. The van der Waals surface area contributed by atoms with Crippen molar-refractivity contribution in [2.45, 2.75) is 78.7 Å². The number of halogens is 1. The van der Waals surface area contributed by atoms with E-state index in [2.05, 4.69) is 68.9 Å². The van der Waals surface area contributed by atoms with Gasteiger partial charge in [-0.15, -0.1) is 0 Å². The molecule has 1 aliphatic carbocycles. The number of benzene rings is 1. The van der Waals surface area contributed by atoms with Crippen LogP contribution in [0.2, 0.25) is 5.02 Å². The summed E-state index contributed by atoms with van der Waals surface area (Å²) in [5, 5.41) is 1.97. The number of allylic oxidation sites excluding steroid dienone is 1. The molecule has 0 spiro atoms. The average Bonchev–Trinajstić information content (AvgIpc) is 2.83. The third kappa shape index (κ3) is 5.31. The molecule has 0 radical (unpaired) electrons. The van der Waals surface area contributed by atoms with E-state index in [0.717, 1.165) is 71.8 Å². The Bertz CT molecular complexity index is 963. The maximum absolute atomic E-state index is 6.74. The highest BCUT2D eigenvalue weighted by Gasteiger charge is 2.26. The molecule has 2 aliphatic rings. The Balaban J connectivity index is 0.000000668. The fourth-order valence-electron chi connectivity index (χ4n) is 4.68. The van der Waals surface area contributed by atoms with E-state index < -0.39 is 0 Å². The first kappa shape index (κ1) is 24.6. The third-order valence-corrected chi connectivity index (χ3v) is 7.28. The number of nitrogens with zero attached hydrogens (tertiary/aromatic N) is 3. The van der Waals surface area contributed by atoms with Crippen molar-refractivity contribution in [1.29, 1.82) is 0 Å². The molecule has 1 saturated heterocycles. The van der Waals surface area contributed by atoms with Crippen LogP contribution in [0.4, 0.5) is 0 Å². The summed E-state index contributed by atoms with van der Waals surface area (Å²) in [6, 6.07) is 6.94. The quantitative estimate of drug-likeness (QED) is 0.467. The summed E-state index contributed by atoms with van der Waals surface area (Å²) in [5.74, 6) is 0. The number of aromatic nitrogens is 1. The summed E-state index contributed by atoms with van der Waals surface area (Å²) in [4.78, 5) is 9.81. The molecule has 32 heavy (non-hydrogen) atoms. The minimum absolute atomic E-state index is 0.489. The van der Waals surface area contributed by atoms with E-state index in [-0.39, 0.29) is 0 Å². The first-order valence-electron chi connectivity index (χ1n) is 12.4. The van der Waals surface area contributed by atoms with Crippen LogP contribution in [0.1, 0.15) is 76.6 Å². The Morgan fingerprint density at radius 2 is 1.81 bits per heavy atom. The highest BCUT2D eigenvalue weighted by Crippen LogP contribution is 2.34. The zero-order valence-electron chi connectivity index (χ0n) is 20.5. The molecule has 0 amide bonds. The molecule has 3 nitrogen and oxygen atoms in total. The Kier molecular flexibility index (Phi) is 8.64. The molecule has 1 unspecified atom stereocenters. The number of pyridine rings is 1. The molecule has 1 fully saturated rings. The first-order valence-corrected chi connectivity index (χ1v) is 12.8. The second kappa shape index (κ2) is 11.2. The van der Waals surface area contributed by atoms with E-state index in [0.29, 0.717) is 6.04 Å². The fourth-order valence-corrected chi connectivity index (χ4v) is 5.04. The number of rotatable bonds is 5. The van der Waals surface area contributed by atoms with Crippen LogP contribution in [-0.2, 0) is 12.8 Å². The van der Waals surface area contributed by atoms with Gasteiger partial charge in [-0.1, -0.05) is 70.5 Å². The van der Waals surface area contributed by atoms with Gasteiger partial charge in [-0.25, -0.2) is 0 Å². The van der Waals surface area contributed by atoms with Crippen molar-refractivity contribution in [3.05, 3.63) is 58.9 Å². The lowest BCUT2D eigenvalue weighted by Crippen LogP contribution is -2.50. The van der Waals surface area contributed by atoms with Crippen LogP contribution in [0.5, 0.6) is 0 Å². The van der Waals surface area contributed by atoms with Gasteiger partial charge in [0.2, 0.25) is 0 Å². The third-order valence-electron chi connectivity index (χ3n) is 6.85. The smallest absolute Gasteiger partial charge is 0.0727 e. The lowest BCUT2D eigenvalue weighted by Gasteiger charge is -2.44. The summed E-state index contributed by atoms with van der Waals surface area (Å²) >= 11 is 6.74. The van der Waals surface area contributed by atoms with Crippen molar-refractivity contribution in [2.75, 3.05) is 19.6 Å². The van der Waals surface area contributed by atoms with Crippen LogP contribution in [0.3, 0.4) is 0 Å². The topological polar surface area (TPSA) is 19.4 Å². The molecule has 2 heterocycles. The normalized spacial score (nSPS) is 18.1. The van der Waals surface area contributed by atoms with Gasteiger partial charge in [0.25, 0.3) is 0 Å². The van der Waals surface area contributed by atoms with E-state index >= 15 is 0 Å². The highest BCUT2D eigenvalue weighted by atomic mass is 35.5. The second-order valence-corrected chi connectivity index (χ2v) is 9.55. The van der Waals surface area contributed by atoms with Gasteiger partial charge in [-0.3, -0.25) is 4.98 Å². The Morgan fingerprint density at radius 1 is 1.09 bits per heavy atom. The maximum Gasteiger partial charge on any atom is 0.0727 e. The Labute approximate surface area is 200 Å². The second-order valence-electron chi connectivity index (χ2n) is 9.17. The van der Waals surface area contributed by atoms with Crippen LogP contribution >= 0.6 is 11.6 Å². The Morgan fingerprint density at radius 3 is 2.47 bits per heavy atom. The van der Waals surface area contributed by atoms with Gasteiger partial charge in [0.05, 0.1) is 10.5 Å². The van der Waals surface area contributed by atoms with Crippen LogP contribution in [0.25, 0.3) is 16.6 Å². The van der Waals surface area contributed by atoms with Crippen molar-refractivity contribution in [3.8, 4) is 0 Å². The van der Waals surface area contributed by atoms with E-state index in [4.69, 9.17) is 16.6 Å². The number of unbranched alkanes of at least 4 members (excludes halogenated alkanes) is 1. The largest absolute Gasteiger partial charge is 0.369 e. The molecule has 0 saturated carbocycles. The molecule has 0 bridgehead atoms. The molecule has 4 rings (SSSR count). The molecule has 174 valence electrons. The zero-order valence-corrected chi connectivity index (χ0v) is 21.3. The highest BCUT2D eigenvalue weighted by molar-refractivity contribution is 6.36. The van der Waals surface area contributed by atoms with Crippen molar-refractivity contribution in [1.82, 2.24) is 14.8 Å². The van der Waals surface area contributed by atoms with E-state index in [1.165, 1.54) is 36.9 Å². The minimum Gasteiger partial charge on any atom is -0.369 e. The van der Waals surface area contributed by atoms with E-state index in [1.54, 1.807) is 0 Å². The van der Waals surface area contributed by atoms with Crippen molar-refractivity contribution < 1.29 is 0 Å². The summed E-state index contributed by atoms with van der Waals surface area (Å²) in [6.07, 6.45) is 8.26. The number of aryl methyl sites for hydroxylation is 1. The standard InChI is InChI=1S/C24H30ClN3.C4H10/c1-5-19-15-27(12-13-28(19)16(2)3)17(4)18-10-11-21-23(14-18)26-22-9-7-6-8-20(22)24(21)25;1-3-4-2/h10-11,14,19H,2,4-9,12-13,15H2,1,3H3;3-4H2,1-2H3.